The number of carbonyl (C=O) groups excluding carboxylic acids is 1. The van der Waals surface area contributed by atoms with Gasteiger partial charge in [0.1, 0.15) is 17.2 Å². The van der Waals surface area contributed by atoms with Crippen molar-refractivity contribution in [3.63, 3.8) is 0 Å². The maximum absolute atomic E-state index is 13.3. The molecule has 2 aromatic heterocycles. The van der Waals surface area contributed by atoms with Gasteiger partial charge in [-0.05, 0) is 50.5 Å². The third-order valence-corrected chi connectivity index (χ3v) is 5.29. The van der Waals surface area contributed by atoms with Gasteiger partial charge in [-0.1, -0.05) is 30.3 Å². The molecule has 2 heterocycles. The molecule has 2 aromatic carbocycles. The maximum atomic E-state index is 13.3. The lowest BCUT2D eigenvalue weighted by molar-refractivity contribution is 0.0939. The predicted octanol–water partition coefficient (Wildman–Crippen LogP) is 4.17. The number of hydrogen-bond acceptors (Lipinski definition) is 5. The fraction of sp³-hybridized carbons (Fsp3) is 0.200. The third-order valence-electron chi connectivity index (χ3n) is 5.29. The number of para-hydroxylation sites is 2. The normalized spacial score (nSPS) is 12.0. The van der Waals surface area contributed by atoms with Crippen molar-refractivity contribution < 1.29 is 13.9 Å². The molecule has 0 spiro atoms. The smallest absolute Gasteiger partial charge is 0.255 e. The van der Waals surface area contributed by atoms with Crippen LogP contribution in [0.15, 0.2) is 83.6 Å². The molecular formula is C25H26N4O3. The monoisotopic (exact) mass is 430 g/mol. The first-order valence-corrected chi connectivity index (χ1v) is 10.3. The Morgan fingerprint density at radius 1 is 1.09 bits per heavy atom. The Morgan fingerprint density at radius 2 is 1.84 bits per heavy atom. The Bertz CT molecular complexity index is 1170. The van der Waals surface area contributed by atoms with E-state index in [1.54, 1.807) is 24.3 Å². The third kappa shape index (κ3) is 4.43. The minimum atomic E-state index is -0.216. The summed E-state index contributed by atoms with van der Waals surface area (Å²) in [6.45, 7) is 0.390. The Labute approximate surface area is 187 Å². The summed E-state index contributed by atoms with van der Waals surface area (Å²) in [7, 11) is 5.51. The van der Waals surface area contributed by atoms with Gasteiger partial charge >= 0.3 is 0 Å². The zero-order valence-electron chi connectivity index (χ0n) is 18.4. The van der Waals surface area contributed by atoms with Crippen LogP contribution in [-0.4, -0.2) is 48.3 Å². The number of benzene rings is 2. The van der Waals surface area contributed by atoms with Gasteiger partial charge < -0.3 is 14.5 Å². The predicted molar refractivity (Wildman–Crippen MR) is 123 cm³/mol. The van der Waals surface area contributed by atoms with E-state index in [0.717, 1.165) is 17.0 Å². The van der Waals surface area contributed by atoms with Gasteiger partial charge in [-0.15, -0.1) is 0 Å². The SMILES string of the molecule is COc1ccccc1-c1nn(-c2ccccc2)cc1C(=O)NCC(c1ccco1)N(C)C. The van der Waals surface area contributed by atoms with Crippen LogP contribution in [0, 0.1) is 0 Å². The fourth-order valence-electron chi connectivity index (χ4n) is 3.60. The Kier molecular flexibility index (Phi) is 6.37. The van der Waals surface area contributed by atoms with Crippen molar-refractivity contribution in [1.82, 2.24) is 20.0 Å². The molecule has 0 aliphatic rings. The number of furan rings is 1. The molecule has 32 heavy (non-hydrogen) atoms. The highest BCUT2D eigenvalue weighted by Gasteiger charge is 2.23. The van der Waals surface area contributed by atoms with E-state index in [2.05, 4.69) is 5.32 Å². The summed E-state index contributed by atoms with van der Waals surface area (Å²) in [6, 6.07) is 20.9. The standard InChI is InChI=1S/C25H26N4O3/c1-28(2)21(23-14-9-15-32-23)16-26-25(30)20-17-29(18-10-5-4-6-11-18)27-24(20)19-12-7-8-13-22(19)31-3/h4-15,17,21H,16H2,1-3H3,(H,26,30). The van der Waals surface area contributed by atoms with Crippen LogP contribution >= 0.6 is 0 Å². The first kappa shape index (κ1) is 21.4. The van der Waals surface area contributed by atoms with E-state index in [4.69, 9.17) is 14.3 Å². The number of carbonyl (C=O) groups is 1. The van der Waals surface area contributed by atoms with Crippen molar-refractivity contribution in [2.45, 2.75) is 6.04 Å². The summed E-state index contributed by atoms with van der Waals surface area (Å²) in [5, 5.41) is 7.79. The van der Waals surface area contributed by atoms with Gasteiger partial charge in [-0.2, -0.15) is 5.10 Å². The number of nitrogens with one attached hydrogen (secondary N) is 1. The molecule has 7 heteroatoms. The van der Waals surface area contributed by atoms with Crippen LogP contribution in [0.1, 0.15) is 22.2 Å². The number of ether oxygens (including phenoxy) is 1. The van der Waals surface area contributed by atoms with Crippen LogP contribution in [0.25, 0.3) is 16.9 Å². The van der Waals surface area contributed by atoms with Crippen molar-refractivity contribution in [3.05, 3.63) is 90.5 Å². The minimum absolute atomic E-state index is 0.0900. The number of rotatable bonds is 8. The van der Waals surface area contributed by atoms with Crippen LogP contribution in [0.4, 0.5) is 0 Å². The van der Waals surface area contributed by atoms with E-state index in [-0.39, 0.29) is 11.9 Å². The van der Waals surface area contributed by atoms with E-state index in [1.807, 2.05) is 85.7 Å². The van der Waals surface area contributed by atoms with Gasteiger partial charge in [-0.3, -0.25) is 9.69 Å². The van der Waals surface area contributed by atoms with Crippen molar-refractivity contribution in [2.75, 3.05) is 27.7 Å². The molecule has 164 valence electrons. The van der Waals surface area contributed by atoms with E-state index >= 15 is 0 Å². The van der Waals surface area contributed by atoms with Crippen molar-refractivity contribution in [2.24, 2.45) is 0 Å². The lowest BCUT2D eigenvalue weighted by Gasteiger charge is -2.22. The highest BCUT2D eigenvalue weighted by Crippen LogP contribution is 2.32. The van der Waals surface area contributed by atoms with Gasteiger partial charge in [-0.25, -0.2) is 4.68 Å². The lowest BCUT2D eigenvalue weighted by atomic mass is 10.1. The molecule has 7 nitrogen and oxygen atoms in total. The van der Waals surface area contributed by atoms with Crippen LogP contribution in [-0.2, 0) is 0 Å². The van der Waals surface area contributed by atoms with Crippen molar-refractivity contribution >= 4 is 5.91 Å². The number of methoxy groups -OCH3 is 1. The van der Waals surface area contributed by atoms with Crippen LogP contribution in [0.2, 0.25) is 0 Å². The van der Waals surface area contributed by atoms with Gasteiger partial charge in [0.05, 0.1) is 30.7 Å². The van der Waals surface area contributed by atoms with E-state index in [0.29, 0.717) is 23.6 Å². The molecule has 0 fully saturated rings. The summed E-state index contributed by atoms with van der Waals surface area (Å²) >= 11 is 0. The average Bonchev–Trinajstić information content (AvgIpc) is 3.50. The Morgan fingerprint density at radius 3 is 2.53 bits per heavy atom. The van der Waals surface area contributed by atoms with Crippen LogP contribution in [0.3, 0.4) is 0 Å². The summed E-state index contributed by atoms with van der Waals surface area (Å²) < 4.78 is 12.8. The van der Waals surface area contributed by atoms with E-state index in [9.17, 15) is 4.79 Å². The first-order chi connectivity index (χ1) is 15.6. The molecule has 0 saturated heterocycles. The Balaban J connectivity index is 1.68. The number of nitrogens with zero attached hydrogens (tertiary/aromatic N) is 3. The number of hydrogen-bond donors (Lipinski definition) is 1. The molecule has 0 aliphatic heterocycles. The molecule has 1 N–H and O–H groups in total. The van der Waals surface area contributed by atoms with Gasteiger partial charge in [0, 0.05) is 18.3 Å². The molecule has 1 unspecified atom stereocenters. The highest BCUT2D eigenvalue weighted by atomic mass is 16.5. The molecule has 1 atom stereocenters. The quantitative estimate of drug-likeness (QED) is 0.454. The van der Waals surface area contributed by atoms with Crippen LogP contribution < -0.4 is 10.1 Å². The van der Waals surface area contributed by atoms with Crippen molar-refractivity contribution in [3.8, 4) is 22.7 Å². The molecule has 0 radical (unpaired) electrons. The van der Waals surface area contributed by atoms with E-state index < -0.39 is 0 Å². The number of likely N-dealkylation sites (N-methyl/N-ethyl adjacent to an activating group) is 1. The molecule has 0 aliphatic carbocycles. The fourth-order valence-corrected chi connectivity index (χ4v) is 3.60. The minimum Gasteiger partial charge on any atom is -0.496 e. The molecular weight excluding hydrogens is 404 g/mol. The number of amides is 1. The zero-order chi connectivity index (χ0) is 22.5. The molecule has 0 bridgehead atoms. The maximum Gasteiger partial charge on any atom is 0.255 e. The Hall–Kier alpha value is -3.84. The molecule has 1 amide bonds. The second-order valence-corrected chi connectivity index (χ2v) is 7.58. The highest BCUT2D eigenvalue weighted by molar-refractivity contribution is 6.00. The summed E-state index contributed by atoms with van der Waals surface area (Å²) in [5.74, 6) is 1.23. The molecule has 0 saturated carbocycles. The second kappa shape index (κ2) is 9.53. The van der Waals surface area contributed by atoms with Gasteiger partial charge in [0.15, 0.2) is 0 Å². The summed E-state index contributed by atoms with van der Waals surface area (Å²) in [6.07, 6.45) is 3.39. The molecule has 4 rings (SSSR count). The van der Waals surface area contributed by atoms with Gasteiger partial charge in [0.25, 0.3) is 5.91 Å². The van der Waals surface area contributed by atoms with Gasteiger partial charge in [0.2, 0.25) is 0 Å². The summed E-state index contributed by atoms with van der Waals surface area (Å²) in [5.41, 5.74) is 2.65. The average molecular weight is 431 g/mol. The summed E-state index contributed by atoms with van der Waals surface area (Å²) in [4.78, 5) is 15.3. The molecule has 4 aromatic rings. The van der Waals surface area contributed by atoms with E-state index in [1.165, 1.54) is 0 Å². The topological polar surface area (TPSA) is 72.5 Å². The second-order valence-electron chi connectivity index (χ2n) is 7.58. The van der Waals surface area contributed by atoms with Crippen LogP contribution in [0.5, 0.6) is 5.75 Å². The number of aromatic nitrogens is 2. The largest absolute Gasteiger partial charge is 0.496 e. The first-order valence-electron chi connectivity index (χ1n) is 10.3. The van der Waals surface area contributed by atoms with Crippen molar-refractivity contribution in [1.29, 1.82) is 0 Å². The lowest BCUT2D eigenvalue weighted by Crippen LogP contribution is -2.34. The zero-order valence-corrected chi connectivity index (χ0v) is 18.4.